The predicted octanol–water partition coefficient (Wildman–Crippen LogP) is 4.14. The molecule has 0 spiro atoms. The Balaban J connectivity index is 2.04. The predicted molar refractivity (Wildman–Crippen MR) is 89.8 cm³/mol. The molecule has 1 aromatic rings. The highest BCUT2D eigenvalue weighted by atomic mass is 32.2. The molecule has 20 heavy (non-hydrogen) atoms. The largest absolute Gasteiger partial charge is 0.491 e. The normalized spacial score (nSPS) is 22.5. The lowest BCUT2D eigenvalue weighted by atomic mass is 9.94. The van der Waals surface area contributed by atoms with Crippen molar-refractivity contribution in [2.75, 3.05) is 23.9 Å². The van der Waals surface area contributed by atoms with Gasteiger partial charge in [-0.1, -0.05) is 19.8 Å². The van der Waals surface area contributed by atoms with Gasteiger partial charge in [-0.15, -0.1) is 0 Å². The van der Waals surface area contributed by atoms with Gasteiger partial charge in [0, 0.05) is 23.0 Å². The zero-order valence-electron chi connectivity index (χ0n) is 12.5. The summed E-state index contributed by atoms with van der Waals surface area (Å²) in [5, 5.41) is 4.38. The number of rotatable bonds is 6. The van der Waals surface area contributed by atoms with Gasteiger partial charge in [-0.3, -0.25) is 0 Å². The highest BCUT2D eigenvalue weighted by molar-refractivity contribution is 7.99. The Morgan fingerprint density at radius 2 is 2.15 bits per heavy atom. The Hall–Kier alpha value is -1.03. The van der Waals surface area contributed by atoms with Crippen molar-refractivity contribution in [3.63, 3.8) is 0 Å². The molecule has 0 amide bonds. The average molecular weight is 294 g/mol. The van der Waals surface area contributed by atoms with E-state index >= 15 is 0 Å². The third-order valence-electron chi connectivity index (χ3n) is 3.83. The number of nitrogens with one attached hydrogen (secondary N) is 1. The monoisotopic (exact) mass is 294 g/mol. The molecule has 0 aliphatic heterocycles. The first-order chi connectivity index (χ1) is 9.74. The summed E-state index contributed by atoms with van der Waals surface area (Å²) in [6, 6.07) is 6.59. The molecule has 0 saturated heterocycles. The maximum Gasteiger partial charge on any atom is 0.144 e. The van der Waals surface area contributed by atoms with Crippen LogP contribution >= 0.6 is 11.8 Å². The van der Waals surface area contributed by atoms with Crippen molar-refractivity contribution in [1.82, 2.24) is 0 Å². The van der Waals surface area contributed by atoms with Crippen LogP contribution in [0.1, 0.15) is 39.0 Å². The Morgan fingerprint density at radius 1 is 1.35 bits per heavy atom. The second-order valence-electron chi connectivity index (χ2n) is 5.41. The number of ether oxygens (including phenoxy) is 1. The van der Waals surface area contributed by atoms with Gasteiger partial charge in [0.1, 0.15) is 5.75 Å². The quantitative estimate of drug-likeness (QED) is 0.774. The molecular formula is C16H26N2OS. The van der Waals surface area contributed by atoms with Gasteiger partial charge in [-0.05, 0) is 37.7 Å². The highest BCUT2D eigenvalue weighted by Crippen LogP contribution is 2.31. The van der Waals surface area contributed by atoms with E-state index in [1.165, 1.54) is 25.7 Å². The molecule has 2 unspecified atom stereocenters. The number of benzene rings is 1. The number of thioether (sulfide) groups is 1. The fourth-order valence-electron chi connectivity index (χ4n) is 2.72. The van der Waals surface area contributed by atoms with E-state index in [-0.39, 0.29) is 0 Å². The molecule has 0 radical (unpaired) electrons. The zero-order chi connectivity index (χ0) is 14.4. The van der Waals surface area contributed by atoms with Crippen LogP contribution in [0.25, 0.3) is 0 Å². The number of nitrogens with two attached hydrogens (primary N) is 1. The summed E-state index contributed by atoms with van der Waals surface area (Å²) >= 11 is 1.98. The molecule has 0 aromatic heterocycles. The van der Waals surface area contributed by atoms with E-state index in [2.05, 4.69) is 24.6 Å². The molecule has 112 valence electrons. The summed E-state index contributed by atoms with van der Waals surface area (Å²) in [4.78, 5) is 0. The summed E-state index contributed by atoms with van der Waals surface area (Å²) < 4.78 is 5.70. The van der Waals surface area contributed by atoms with E-state index in [0.717, 1.165) is 17.9 Å². The lowest BCUT2D eigenvalue weighted by molar-refractivity contribution is 0.319. The van der Waals surface area contributed by atoms with Gasteiger partial charge < -0.3 is 15.8 Å². The Labute approximate surface area is 126 Å². The molecular weight excluding hydrogens is 268 g/mol. The Morgan fingerprint density at radius 3 is 2.90 bits per heavy atom. The molecule has 1 aliphatic rings. The standard InChI is InChI=1S/C16H26N2OS/c1-3-10-19-15-11-12(8-9-13(15)17)18-14-6-4-5-7-16(14)20-2/h8-9,11,14,16,18H,3-7,10,17H2,1-2H3. The molecule has 4 heteroatoms. The van der Waals surface area contributed by atoms with Crippen molar-refractivity contribution in [2.45, 2.75) is 50.3 Å². The van der Waals surface area contributed by atoms with Gasteiger partial charge in [-0.25, -0.2) is 0 Å². The van der Waals surface area contributed by atoms with Crippen LogP contribution in [0.2, 0.25) is 0 Å². The second kappa shape index (κ2) is 7.67. The summed E-state index contributed by atoms with van der Waals surface area (Å²) in [7, 11) is 0. The number of anilines is 2. The Bertz CT molecular complexity index is 425. The van der Waals surface area contributed by atoms with Crippen molar-refractivity contribution in [1.29, 1.82) is 0 Å². The minimum Gasteiger partial charge on any atom is -0.491 e. The SMILES string of the molecule is CCCOc1cc(NC2CCCCC2SC)ccc1N. The van der Waals surface area contributed by atoms with Crippen LogP contribution in [0, 0.1) is 0 Å². The lowest BCUT2D eigenvalue weighted by Crippen LogP contribution is -2.34. The summed E-state index contributed by atoms with van der Waals surface area (Å²) in [5.74, 6) is 0.799. The molecule has 1 saturated carbocycles. The van der Waals surface area contributed by atoms with Gasteiger partial charge in [-0.2, -0.15) is 11.8 Å². The van der Waals surface area contributed by atoms with E-state index in [4.69, 9.17) is 10.5 Å². The van der Waals surface area contributed by atoms with Gasteiger partial charge in [0.05, 0.1) is 12.3 Å². The van der Waals surface area contributed by atoms with E-state index in [1.807, 2.05) is 23.9 Å². The molecule has 1 aromatic carbocycles. The number of nitrogen functional groups attached to an aromatic ring is 1. The fourth-order valence-corrected chi connectivity index (χ4v) is 3.65. The van der Waals surface area contributed by atoms with Crippen LogP contribution in [0.4, 0.5) is 11.4 Å². The van der Waals surface area contributed by atoms with Crippen molar-refractivity contribution >= 4 is 23.1 Å². The molecule has 1 fully saturated rings. The second-order valence-corrected chi connectivity index (χ2v) is 6.49. The van der Waals surface area contributed by atoms with Crippen LogP contribution in [-0.4, -0.2) is 24.2 Å². The van der Waals surface area contributed by atoms with E-state index in [1.54, 1.807) is 0 Å². The van der Waals surface area contributed by atoms with Gasteiger partial charge in [0.2, 0.25) is 0 Å². The van der Waals surface area contributed by atoms with Crippen LogP contribution in [0.15, 0.2) is 18.2 Å². The zero-order valence-corrected chi connectivity index (χ0v) is 13.3. The van der Waals surface area contributed by atoms with Gasteiger partial charge in [0.15, 0.2) is 0 Å². The fraction of sp³-hybridized carbons (Fsp3) is 0.625. The van der Waals surface area contributed by atoms with Gasteiger partial charge in [0.25, 0.3) is 0 Å². The minimum absolute atomic E-state index is 0.557. The molecule has 0 bridgehead atoms. The molecule has 3 nitrogen and oxygen atoms in total. The van der Waals surface area contributed by atoms with Crippen molar-refractivity contribution in [3.05, 3.63) is 18.2 Å². The molecule has 1 aliphatic carbocycles. The van der Waals surface area contributed by atoms with Crippen LogP contribution in [0.3, 0.4) is 0 Å². The van der Waals surface area contributed by atoms with E-state index in [0.29, 0.717) is 23.6 Å². The van der Waals surface area contributed by atoms with Crippen molar-refractivity contribution in [2.24, 2.45) is 0 Å². The maximum absolute atomic E-state index is 5.96. The summed E-state index contributed by atoms with van der Waals surface area (Å²) in [5.41, 5.74) is 7.80. The highest BCUT2D eigenvalue weighted by Gasteiger charge is 2.24. The van der Waals surface area contributed by atoms with E-state index in [9.17, 15) is 0 Å². The smallest absolute Gasteiger partial charge is 0.144 e. The van der Waals surface area contributed by atoms with Crippen LogP contribution in [-0.2, 0) is 0 Å². The molecule has 2 atom stereocenters. The first-order valence-corrected chi connectivity index (χ1v) is 8.85. The third kappa shape index (κ3) is 3.98. The van der Waals surface area contributed by atoms with Gasteiger partial charge >= 0.3 is 0 Å². The van der Waals surface area contributed by atoms with Crippen molar-refractivity contribution < 1.29 is 4.74 Å². The molecule has 0 heterocycles. The topological polar surface area (TPSA) is 47.3 Å². The number of hydrogen-bond acceptors (Lipinski definition) is 4. The third-order valence-corrected chi connectivity index (χ3v) is 5.00. The summed E-state index contributed by atoms with van der Waals surface area (Å²) in [6.45, 7) is 2.81. The maximum atomic E-state index is 5.96. The lowest BCUT2D eigenvalue weighted by Gasteiger charge is -2.31. The average Bonchev–Trinajstić information content (AvgIpc) is 2.48. The van der Waals surface area contributed by atoms with Crippen molar-refractivity contribution in [3.8, 4) is 5.75 Å². The van der Waals surface area contributed by atoms with Crippen LogP contribution in [0.5, 0.6) is 5.75 Å². The molecule has 3 N–H and O–H groups in total. The Kier molecular flexibility index (Phi) is 5.89. The summed E-state index contributed by atoms with van der Waals surface area (Å²) in [6.07, 6.45) is 8.45. The van der Waals surface area contributed by atoms with E-state index < -0.39 is 0 Å². The van der Waals surface area contributed by atoms with Crippen LogP contribution < -0.4 is 15.8 Å². The molecule has 2 rings (SSSR count). The first kappa shape index (κ1) is 15.4. The first-order valence-electron chi connectivity index (χ1n) is 7.56. The minimum atomic E-state index is 0.557. The number of hydrogen-bond donors (Lipinski definition) is 2.